The zero-order valence-corrected chi connectivity index (χ0v) is 14.5. The topological polar surface area (TPSA) is 93.8 Å². The van der Waals surface area contributed by atoms with Gasteiger partial charge in [0, 0.05) is 17.5 Å². The number of nitrogens with zero attached hydrogens (tertiary/aromatic N) is 2. The molecule has 1 atom stereocenters. The van der Waals surface area contributed by atoms with Crippen molar-refractivity contribution in [3.05, 3.63) is 82.4 Å². The second-order valence-corrected chi connectivity index (χ2v) is 5.82. The molecule has 0 saturated heterocycles. The van der Waals surface area contributed by atoms with Gasteiger partial charge in [-0.25, -0.2) is 5.43 Å². The number of carbonyl (C=O) groups is 1. The van der Waals surface area contributed by atoms with Crippen molar-refractivity contribution in [3.8, 4) is 5.75 Å². The van der Waals surface area contributed by atoms with Gasteiger partial charge < -0.3 is 4.74 Å². The molecule has 0 heterocycles. The average molecular weight is 363 g/mol. The van der Waals surface area contributed by atoms with Gasteiger partial charge in [0.1, 0.15) is 5.75 Å². The SMILES string of the molecule is CC(Oc1cccc2ccccc12)C(=O)NN=Cc1ccc([N+](=O)[O-])cc1. The van der Waals surface area contributed by atoms with Gasteiger partial charge >= 0.3 is 0 Å². The summed E-state index contributed by atoms with van der Waals surface area (Å²) in [5.74, 6) is 0.219. The summed E-state index contributed by atoms with van der Waals surface area (Å²) in [6.07, 6.45) is 0.663. The van der Waals surface area contributed by atoms with E-state index in [2.05, 4.69) is 10.5 Å². The Labute approximate surface area is 155 Å². The first-order valence-electron chi connectivity index (χ1n) is 8.26. The number of nitrogens with one attached hydrogen (secondary N) is 1. The third kappa shape index (κ3) is 4.46. The maximum Gasteiger partial charge on any atom is 0.280 e. The van der Waals surface area contributed by atoms with Crippen LogP contribution in [0.5, 0.6) is 5.75 Å². The smallest absolute Gasteiger partial charge is 0.280 e. The molecule has 1 N–H and O–H groups in total. The van der Waals surface area contributed by atoms with Gasteiger partial charge in [0.25, 0.3) is 11.6 Å². The molecule has 3 aromatic rings. The number of carbonyl (C=O) groups excluding carboxylic acids is 1. The van der Waals surface area contributed by atoms with Crippen LogP contribution in [0.2, 0.25) is 0 Å². The van der Waals surface area contributed by atoms with E-state index in [1.807, 2.05) is 42.5 Å². The van der Waals surface area contributed by atoms with Crippen molar-refractivity contribution < 1.29 is 14.5 Å². The monoisotopic (exact) mass is 363 g/mol. The van der Waals surface area contributed by atoms with Gasteiger partial charge in [-0.05, 0) is 36.1 Å². The molecule has 0 aliphatic rings. The van der Waals surface area contributed by atoms with Gasteiger partial charge in [-0.1, -0.05) is 36.4 Å². The number of nitro benzene ring substituents is 1. The number of nitro groups is 1. The number of benzene rings is 3. The van der Waals surface area contributed by atoms with Crippen LogP contribution in [0.25, 0.3) is 10.8 Å². The minimum absolute atomic E-state index is 0.00621. The summed E-state index contributed by atoms with van der Waals surface area (Å²) >= 11 is 0. The van der Waals surface area contributed by atoms with Crippen molar-refractivity contribution >= 4 is 28.6 Å². The first-order valence-corrected chi connectivity index (χ1v) is 8.26. The van der Waals surface area contributed by atoms with Crippen LogP contribution in [0.1, 0.15) is 12.5 Å². The summed E-state index contributed by atoms with van der Waals surface area (Å²) in [5.41, 5.74) is 3.03. The standard InChI is InChI=1S/C20H17N3O4/c1-14(27-19-8-4-6-16-5-2-3-7-18(16)19)20(24)22-21-13-15-9-11-17(12-10-15)23(25)26/h2-14H,1H3,(H,22,24). The quantitative estimate of drug-likeness (QED) is 0.411. The highest BCUT2D eigenvalue weighted by atomic mass is 16.6. The van der Waals surface area contributed by atoms with E-state index >= 15 is 0 Å². The van der Waals surface area contributed by atoms with Crippen molar-refractivity contribution in [3.63, 3.8) is 0 Å². The molecular formula is C20H17N3O4. The predicted molar refractivity (Wildman–Crippen MR) is 103 cm³/mol. The van der Waals surface area contributed by atoms with E-state index < -0.39 is 16.9 Å². The Morgan fingerprint density at radius 3 is 2.56 bits per heavy atom. The van der Waals surface area contributed by atoms with E-state index in [0.29, 0.717) is 11.3 Å². The van der Waals surface area contributed by atoms with E-state index in [4.69, 9.17) is 4.74 Å². The molecule has 0 spiro atoms. The van der Waals surface area contributed by atoms with E-state index in [-0.39, 0.29) is 5.69 Å². The van der Waals surface area contributed by atoms with E-state index in [0.717, 1.165) is 10.8 Å². The zero-order chi connectivity index (χ0) is 19.2. The maximum absolute atomic E-state index is 12.2. The van der Waals surface area contributed by atoms with Crippen LogP contribution in [-0.2, 0) is 4.79 Å². The normalized spacial score (nSPS) is 12.0. The molecule has 27 heavy (non-hydrogen) atoms. The summed E-state index contributed by atoms with van der Waals surface area (Å²) in [6, 6.07) is 19.2. The van der Waals surface area contributed by atoms with Crippen LogP contribution < -0.4 is 10.2 Å². The lowest BCUT2D eigenvalue weighted by Crippen LogP contribution is -2.33. The molecule has 1 unspecified atom stereocenters. The highest BCUT2D eigenvalue weighted by Gasteiger charge is 2.15. The van der Waals surface area contributed by atoms with Crippen molar-refractivity contribution in [1.29, 1.82) is 0 Å². The van der Waals surface area contributed by atoms with Gasteiger partial charge in [0.2, 0.25) is 0 Å². The number of hydrazone groups is 1. The second-order valence-electron chi connectivity index (χ2n) is 5.82. The molecule has 0 saturated carbocycles. The van der Waals surface area contributed by atoms with Crippen LogP contribution in [0.3, 0.4) is 0 Å². The van der Waals surface area contributed by atoms with Crippen LogP contribution in [0.15, 0.2) is 71.8 Å². The number of ether oxygens (including phenoxy) is 1. The highest BCUT2D eigenvalue weighted by molar-refractivity contribution is 5.89. The van der Waals surface area contributed by atoms with Crippen LogP contribution in [0, 0.1) is 10.1 Å². The molecule has 1 amide bonds. The Morgan fingerprint density at radius 2 is 1.81 bits per heavy atom. The van der Waals surface area contributed by atoms with Crippen LogP contribution >= 0.6 is 0 Å². The van der Waals surface area contributed by atoms with Crippen LogP contribution in [0.4, 0.5) is 5.69 Å². The molecule has 7 nitrogen and oxygen atoms in total. The molecular weight excluding hydrogens is 346 g/mol. The number of amides is 1. The van der Waals surface area contributed by atoms with Crippen molar-refractivity contribution in [2.45, 2.75) is 13.0 Å². The molecule has 136 valence electrons. The number of hydrogen-bond donors (Lipinski definition) is 1. The average Bonchev–Trinajstić information content (AvgIpc) is 2.68. The summed E-state index contributed by atoms with van der Waals surface area (Å²) in [5, 5.41) is 16.4. The lowest BCUT2D eigenvalue weighted by Gasteiger charge is -2.14. The molecule has 0 aliphatic heterocycles. The molecule has 0 bridgehead atoms. The lowest BCUT2D eigenvalue weighted by atomic mass is 10.1. The Balaban J connectivity index is 1.61. The highest BCUT2D eigenvalue weighted by Crippen LogP contribution is 2.26. The van der Waals surface area contributed by atoms with E-state index in [9.17, 15) is 14.9 Å². The molecule has 3 aromatic carbocycles. The molecule has 0 aromatic heterocycles. The summed E-state index contributed by atoms with van der Waals surface area (Å²) in [7, 11) is 0. The van der Waals surface area contributed by atoms with Crippen LogP contribution in [-0.4, -0.2) is 23.1 Å². The predicted octanol–water partition coefficient (Wildman–Crippen LogP) is 3.67. The second kappa shape index (κ2) is 8.09. The Kier molecular flexibility index (Phi) is 5.41. The minimum atomic E-state index is -0.746. The minimum Gasteiger partial charge on any atom is -0.480 e. The third-order valence-corrected chi connectivity index (χ3v) is 3.91. The van der Waals surface area contributed by atoms with Crippen molar-refractivity contribution in [2.75, 3.05) is 0 Å². The summed E-state index contributed by atoms with van der Waals surface area (Å²) in [6.45, 7) is 1.64. The summed E-state index contributed by atoms with van der Waals surface area (Å²) in [4.78, 5) is 22.3. The number of fused-ring (bicyclic) bond motifs is 1. The van der Waals surface area contributed by atoms with Gasteiger partial charge in [-0.2, -0.15) is 5.10 Å². The van der Waals surface area contributed by atoms with Gasteiger partial charge in [0.15, 0.2) is 6.10 Å². The fraction of sp³-hybridized carbons (Fsp3) is 0.100. The zero-order valence-electron chi connectivity index (χ0n) is 14.5. The lowest BCUT2D eigenvalue weighted by molar-refractivity contribution is -0.384. The van der Waals surface area contributed by atoms with E-state index in [1.165, 1.54) is 18.3 Å². The molecule has 0 aliphatic carbocycles. The molecule has 0 radical (unpaired) electrons. The number of non-ortho nitro benzene ring substituents is 1. The fourth-order valence-electron chi connectivity index (χ4n) is 2.49. The Morgan fingerprint density at radius 1 is 1.11 bits per heavy atom. The van der Waals surface area contributed by atoms with Gasteiger partial charge in [0.05, 0.1) is 11.1 Å². The Hall–Kier alpha value is -3.74. The molecule has 3 rings (SSSR count). The summed E-state index contributed by atoms with van der Waals surface area (Å²) < 4.78 is 5.77. The van der Waals surface area contributed by atoms with Crippen molar-refractivity contribution in [1.82, 2.24) is 5.43 Å². The Bertz CT molecular complexity index is 994. The third-order valence-electron chi connectivity index (χ3n) is 3.91. The largest absolute Gasteiger partial charge is 0.480 e. The van der Waals surface area contributed by atoms with Gasteiger partial charge in [-0.3, -0.25) is 14.9 Å². The molecule has 7 heteroatoms. The van der Waals surface area contributed by atoms with E-state index in [1.54, 1.807) is 19.1 Å². The van der Waals surface area contributed by atoms with Gasteiger partial charge in [-0.15, -0.1) is 0 Å². The molecule has 0 fully saturated rings. The fourth-order valence-corrected chi connectivity index (χ4v) is 2.49. The number of rotatable bonds is 6. The maximum atomic E-state index is 12.2. The van der Waals surface area contributed by atoms with Crippen molar-refractivity contribution in [2.24, 2.45) is 5.10 Å². The number of hydrogen-bond acceptors (Lipinski definition) is 5. The first-order chi connectivity index (χ1) is 13.0. The first kappa shape index (κ1) is 18.1.